The van der Waals surface area contributed by atoms with Crippen LogP contribution in [0.15, 0.2) is 36.4 Å². The van der Waals surface area contributed by atoms with Crippen LogP contribution < -0.4 is 0 Å². The monoisotopic (exact) mass is 292 g/mol. The molecule has 0 atom stereocenters. The van der Waals surface area contributed by atoms with Gasteiger partial charge in [-0.15, -0.1) is 0 Å². The van der Waals surface area contributed by atoms with Crippen molar-refractivity contribution in [3.63, 3.8) is 0 Å². The van der Waals surface area contributed by atoms with Crippen molar-refractivity contribution < 1.29 is 4.92 Å². The van der Waals surface area contributed by atoms with Crippen LogP contribution in [0.3, 0.4) is 0 Å². The highest BCUT2D eigenvalue weighted by atomic mass is 16.6. The molecule has 0 bridgehead atoms. The molecule has 4 heteroatoms. The van der Waals surface area contributed by atoms with Gasteiger partial charge in [-0.25, -0.2) is 0 Å². The normalized spacial score (nSPS) is 11.1. The predicted octanol–water partition coefficient (Wildman–Crippen LogP) is 4.58. The fourth-order valence-corrected chi connectivity index (χ4v) is 2.53. The number of nitrogens with zero attached hydrogens (tertiary/aromatic N) is 2. The van der Waals surface area contributed by atoms with E-state index in [1.807, 2.05) is 20.8 Å². The van der Waals surface area contributed by atoms with Crippen molar-refractivity contribution >= 4 is 17.3 Å². The molecule has 2 aromatic rings. The Bertz CT molecular complexity index is 791. The van der Waals surface area contributed by atoms with Crippen LogP contribution >= 0.6 is 0 Å². The van der Waals surface area contributed by atoms with E-state index in [2.05, 4.69) is 18.2 Å². The Labute approximate surface area is 129 Å². The van der Waals surface area contributed by atoms with Gasteiger partial charge in [0.15, 0.2) is 0 Å². The number of hydrogen-bond acceptors (Lipinski definition) is 3. The number of nitriles is 1. The third-order valence-corrected chi connectivity index (χ3v) is 3.52. The van der Waals surface area contributed by atoms with Gasteiger partial charge in [-0.2, -0.15) is 5.26 Å². The van der Waals surface area contributed by atoms with E-state index < -0.39 is 4.92 Å². The molecular formula is C18H16N2O2. The molecule has 0 aliphatic rings. The zero-order valence-electron chi connectivity index (χ0n) is 12.8. The summed E-state index contributed by atoms with van der Waals surface area (Å²) < 4.78 is 0. The van der Waals surface area contributed by atoms with Crippen LogP contribution in [0.2, 0.25) is 0 Å². The number of hydrogen-bond donors (Lipinski definition) is 0. The van der Waals surface area contributed by atoms with Gasteiger partial charge in [0.05, 0.1) is 16.6 Å². The zero-order chi connectivity index (χ0) is 16.3. The first-order valence-corrected chi connectivity index (χ1v) is 6.87. The summed E-state index contributed by atoms with van der Waals surface area (Å²) in [4.78, 5) is 10.4. The van der Waals surface area contributed by atoms with Crippen LogP contribution in [-0.4, -0.2) is 4.92 Å². The lowest BCUT2D eigenvalue weighted by Crippen LogP contribution is -1.92. The van der Waals surface area contributed by atoms with Crippen molar-refractivity contribution in [2.24, 2.45) is 0 Å². The van der Waals surface area contributed by atoms with Crippen LogP contribution in [-0.2, 0) is 0 Å². The SMILES string of the molecule is Cc1cc(C)c(C=C(C#N)c2cccc([N+](=O)[O-])c2)c(C)c1. The third-order valence-electron chi connectivity index (χ3n) is 3.52. The molecule has 0 amide bonds. The first-order valence-electron chi connectivity index (χ1n) is 6.87. The molecular weight excluding hydrogens is 276 g/mol. The second-order valence-electron chi connectivity index (χ2n) is 5.29. The Morgan fingerprint density at radius 2 is 1.82 bits per heavy atom. The Kier molecular flexibility index (Phi) is 4.38. The first-order chi connectivity index (χ1) is 10.4. The van der Waals surface area contributed by atoms with E-state index in [0.29, 0.717) is 11.1 Å². The van der Waals surface area contributed by atoms with Crippen LogP contribution in [0.4, 0.5) is 5.69 Å². The Morgan fingerprint density at radius 1 is 1.18 bits per heavy atom. The summed E-state index contributed by atoms with van der Waals surface area (Å²) in [5.41, 5.74) is 5.26. The quantitative estimate of drug-likeness (QED) is 0.360. The summed E-state index contributed by atoms with van der Waals surface area (Å²) in [6.07, 6.45) is 1.79. The summed E-state index contributed by atoms with van der Waals surface area (Å²) in [6.45, 7) is 6.02. The summed E-state index contributed by atoms with van der Waals surface area (Å²) in [5, 5.41) is 20.3. The van der Waals surface area contributed by atoms with Gasteiger partial charge in [-0.3, -0.25) is 10.1 Å². The van der Waals surface area contributed by atoms with Crippen molar-refractivity contribution in [1.29, 1.82) is 5.26 Å². The van der Waals surface area contributed by atoms with Gasteiger partial charge >= 0.3 is 0 Å². The predicted molar refractivity (Wildman–Crippen MR) is 87.2 cm³/mol. The fourth-order valence-electron chi connectivity index (χ4n) is 2.53. The minimum atomic E-state index is -0.457. The molecule has 2 aromatic carbocycles. The molecule has 0 heterocycles. The van der Waals surface area contributed by atoms with Gasteiger partial charge in [0.2, 0.25) is 0 Å². The summed E-state index contributed by atoms with van der Waals surface area (Å²) in [7, 11) is 0. The lowest BCUT2D eigenvalue weighted by atomic mass is 9.96. The molecule has 0 unspecified atom stereocenters. The highest BCUT2D eigenvalue weighted by Crippen LogP contribution is 2.25. The number of non-ortho nitro benzene ring substituents is 1. The van der Waals surface area contributed by atoms with E-state index in [1.54, 1.807) is 18.2 Å². The zero-order valence-corrected chi connectivity index (χ0v) is 12.8. The summed E-state index contributed by atoms with van der Waals surface area (Å²) in [6, 6.07) is 12.4. The number of nitro benzene ring substituents is 1. The smallest absolute Gasteiger partial charge is 0.258 e. The summed E-state index contributed by atoms with van der Waals surface area (Å²) >= 11 is 0. The number of benzene rings is 2. The van der Waals surface area contributed by atoms with Crippen molar-refractivity contribution in [3.05, 3.63) is 74.3 Å². The Morgan fingerprint density at radius 3 is 2.36 bits per heavy atom. The average molecular weight is 292 g/mol. The van der Waals surface area contributed by atoms with Gasteiger partial charge in [0.25, 0.3) is 5.69 Å². The minimum absolute atomic E-state index is 0.0176. The number of aryl methyl sites for hydroxylation is 3. The lowest BCUT2D eigenvalue weighted by Gasteiger charge is -2.08. The maximum atomic E-state index is 10.9. The van der Waals surface area contributed by atoms with E-state index in [4.69, 9.17) is 0 Å². The Balaban J connectivity index is 2.56. The number of nitro groups is 1. The molecule has 0 saturated carbocycles. The molecule has 0 aromatic heterocycles. The van der Waals surface area contributed by atoms with E-state index >= 15 is 0 Å². The molecule has 0 saturated heterocycles. The molecule has 4 nitrogen and oxygen atoms in total. The number of allylic oxidation sites excluding steroid dienone is 1. The van der Waals surface area contributed by atoms with E-state index in [0.717, 1.165) is 16.7 Å². The maximum Gasteiger partial charge on any atom is 0.270 e. The highest BCUT2D eigenvalue weighted by Gasteiger charge is 2.10. The van der Waals surface area contributed by atoms with Crippen LogP contribution in [0, 0.1) is 42.2 Å². The average Bonchev–Trinajstić information content (AvgIpc) is 2.46. The molecule has 22 heavy (non-hydrogen) atoms. The highest BCUT2D eigenvalue weighted by molar-refractivity contribution is 5.91. The largest absolute Gasteiger partial charge is 0.270 e. The van der Waals surface area contributed by atoms with Crippen molar-refractivity contribution in [3.8, 4) is 6.07 Å². The molecule has 110 valence electrons. The van der Waals surface area contributed by atoms with E-state index in [1.165, 1.54) is 17.7 Å². The molecule has 0 radical (unpaired) electrons. The van der Waals surface area contributed by atoms with Crippen LogP contribution in [0.25, 0.3) is 11.6 Å². The third kappa shape index (κ3) is 3.21. The van der Waals surface area contributed by atoms with Gasteiger partial charge in [0.1, 0.15) is 0 Å². The molecule has 0 fully saturated rings. The first kappa shape index (κ1) is 15.5. The fraction of sp³-hybridized carbons (Fsp3) is 0.167. The van der Waals surface area contributed by atoms with E-state index in [9.17, 15) is 15.4 Å². The van der Waals surface area contributed by atoms with Crippen molar-refractivity contribution in [2.75, 3.05) is 0 Å². The minimum Gasteiger partial charge on any atom is -0.258 e. The molecule has 0 spiro atoms. The molecule has 0 aliphatic heterocycles. The van der Waals surface area contributed by atoms with Gasteiger partial charge < -0.3 is 0 Å². The topological polar surface area (TPSA) is 66.9 Å². The summed E-state index contributed by atoms with van der Waals surface area (Å²) in [5.74, 6) is 0. The van der Waals surface area contributed by atoms with Crippen LogP contribution in [0.1, 0.15) is 27.8 Å². The molecule has 2 rings (SSSR count). The molecule has 0 N–H and O–H groups in total. The van der Waals surface area contributed by atoms with Gasteiger partial charge in [0, 0.05) is 12.1 Å². The van der Waals surface area contributed by atoms with Crippen molar-refractivity contribution in [2.45, 2.75) is 20.8 Å². The van der Waals surface area contributed by atoms with Gasteiger partial charge in [-0.05, 0) is 49.1 Å². The maximum absolute atomic E-state index is 10.9. The van der Waals surface area contributed by atoms with Crippen LogP contribution in [0.5, 0.6) is 0 Å². The van der Waals surface area contributed by atoms with Crippen molar-refractivity contribution in [1.82, 2.24) is 0 Å². The second kappa shape index (κ2) is 6.23. The molecule has 0 aliphatic carbocycles. The number of rotatable bonds is 3. The second-order valence-corrected chi connectivity index (χ2v) is 5.29. The Hall–Kier alpha value is -2.93. The lowest BCUT2D eigenvalue weighted by molar-refractivity contribution is -0.384. The van der Waals surface area contributed by atoms with E-state index in [-0.39, 0.29) is 5.69 Å². The van der Waals surface area contributed by atoms with Gasteiger partial charge in [-0.1, -0.05) is 29.8 Å². The standard InChI is InChI=1S/C18H16N2O2/c1-12-7-13(2)18(14(3)8-12)10-16(11-19)15-5-4-6-17(9-15)20(21)22/h4-10H,1-3H3.